The summed E-state index contributed by atoms with van der Waals surface area (Å²) in [6.45, 7) is 1.08. The molecule has 3 rings (SSSR count). The highest BCUT2D eigenvalue weighted by molar-refractivity contribution is 6.30. The van der Waals surface area contributed by atoms with Crippen LogP contribution in [0.5, 0.6) is 0 Å². The number of halogens is 1. The van der Waals surface area contributed by atoms with Crippen LogP contribution in [0.25, 0.3) is 0 Å². The van der Waals surface area contributed by atoms with Gasteiger partial charge in [0.1, 0.15) is 0 Å². The number of aromatic nitrogens is 1. The predicted octanol–water partition coefficient (Wildman–Crippen LogP) is 3.30. The van der Waals surface area contributed by atoms with Gasteiger partial charge in [0, 0.05) is 29.6 Å². The molecule has 0 amide bonds. The van der Waals surface area contributed by atoms with Gasteiger partial charge >= 0.3 is 0 Å². The number of nitrogens with zero attached hydrogens (tertiary/aromatic N) is 2. The Labute approximate surface area is 99.5 Å². The Bertz CT molecular complexity index is 481. The molecule has 2 nitrogen and oxygen atoms in total. The van der Waals surface area contributed by atoms with Crippen molar-refractivity contribution in [3.63, 3.8) is 0 Å². The highest BCUT2D eigenvalue weighted by Crippen LogP contribution is 2.39. The van der Waals surface area contributed by atoms with E-state index in [1.54, 1.807) is 0 Å². The zero-order valence-electron chi connectivity index (χ0n) is 8.68. The zero-order valence-corrected chi connectivity index (χ0v) is 9.43. The van der Waals surface area contributed by atoms with Gasteiger partial charge in [0.15, 0.2) is 0 Å². The van der Waals surface area contributed by atoms with Crippen LogP contribution in [0.1, 0.15) is 11.6 Å². The molecule has 1 aromatic carbocycles. The van der Waals surface area contributed by atoms with E-state index in [4.69, 9.17) is 11.6 Å². The first-order valence-electron chi connectivity index (χ1n) is 5.27. The maximum atomic E-state index is 5.86. The number of pyridine rings is 1. The Balaban J connectivity index is 1.79. The molecule has 2 aromatic rings. The van der Waals surface area contributed by atoms with Crippen LogP contribution in [-0.2, 0) is 0 Å². The lowest BCUT2D eigenvalue weighted by atomic mass is 10.2. The standard InChI is InChI=1S/C13H11ClN2/c14-11-1-3-12(4-2-11)16-9-13(16)10-5-7-15-8-6-10/h1-8,13H,9H2/t13-,16?/m1/s1. The van der Waals surface area contributed by atoms with Crippen LogP contribution in [-0.4, -0.2) is 11.5 Å². The van der Waals surface area contributed by atoms with Crippen LogP contribution in [0.2, 0.25) is 5.02 Å². The van der Waals surface area contributed by atoms with Crippen LogP contribution in [0.3, 0.4) is 0 Å². The van der Waals surface area contributed by atoms with Crippen LogP contribution in [0.15, 0.2) is 48.8 Å². The summed E-state index contributed by atoms with van der Waals surface area (Å²) in [7, 11) is 0. The summed E-state index contributed by atoms with van der Waals surface area (Å²) < 4.78 is 0. The van der Waals surface area contributed by atoms with Crippen molar-refractivity contribution in [2.45, 2.75) is 6.04 Å². The third kappa shape index (κ3) is 1.76. The Morgan fingerprint density at radius 2 is 1.75 bits per heavy atom. The molecule has 1 aliphatic rings. The van der Waals surface area contributed by atoms with Crippen LogP contribution >= 0.6 is 11.6 Å². The second-order valence-corrected chi connectivity index (χ2v) is 4.36. The predicted molar refractivity (Wildman–Crippen MR) is 65.8 cm³/mol. The Morgan fingerprint density at radius 1 is 1.06 bits per heavy atom. The molecule has 80 valence electrons. The van der Waals surface area contributed by atoms with Crippen molar-refractivity contribution < 1.29 is 0 Å². The van der Waals surface area contributed by atoms with Crippen molar-refractivity contribution in [3.05, 3.63) is 59.4 Å². The fourth-order valence-corrected chi connectivity index (χ4v) is 2.05. The summed E-state index contributed by atoms with van der Waals surface area (Å²) in [5.74, 6) is 0. The van der Waals surface area contributed by atoms with Gasteiger partial charge in [-0.2, -0.15) is 0 Å². The molecular formula is C13H11ClN2. The molecule has 1 saturated heterocycles. The van der Waals surface area contributed by atoms with E-state index >= 15 is 0 Å². The molecular weight excluding hydrogens is 220 g/mol. The van der Waals surface area contributed by atoms with Crippen molar-refractivity contribution in [3.8, 4) is 0 Å². The molecule has 3 heteroatoms. The van der Waals surface area contributed by atoms with Crippen molar-refractivity contribution in [2.75, 3.05) is 11.4 Å². The van der Waals surface area contributed by atoms with E-state index in [-0.39, 0.29) is 0 Å². The number of hydrogen-bond donors (Lipinski definition) is 0. The van der Waals surface area contributed by atoms with Gasteiger partial charge in [-0.15, -0.1) is 0 Å². The van der Waals surface area contributed by atoms with E-state index in [1.165, 1.54) is 11.3 Å². The molecule has 1 fully saturated rings. The highest BCUT2D eigenvalue weighted by Gasteiger charge is 2.35. The summed E-state index contributed by atoms with van der Waals surface area (Å²) in [5, 5.41) is 0.783. The van der Waals surface area contributed by atoms with Crippen molar-refractivity contribution >= 4 is 17.3 Å². The van der Waals surface area contributed by atoms with E-state index in [2.05, 4.69) is 34.1 Å². The lowest BCUT2D eigenvalue weighted by Crippen LogP contribution is -1.93. The van der Waals surface area contributed by atoms with Crippen molar-refractivity contribution in [1.29, 1.82) is 0 Å². The third-order valence-corrected chi connectivity index (χ3v) is 3.11. The van der Waals surface area contributed by atoms with E-state index < -0.39 is 0 Å². The Kier molecular flexibility index (Phi) is 2.29. The molecule has 0 bridgehead atoms. The summed E-state index contributed by atoms with van der Waals surface area (Å²) in [6.07, 6.45) is 3.68. The number of rotatable bonds is 2. The molecule has 1 aliphatic heterocycles. The van der Waals surface area contributed by atoms with Gasteiger partial charge < -0.3 is 4.90 Å². The maximum Gasteiger partial charge on any atom is 0.0719 e. The third-order valence-electron chi connectivity index (χ3n) is 2.86. The molecule has 1 aromatic heterocycles. The highest BCUT2D eigenvalue weighted by atomic mass is 35.5. The molecule has 0 radical (unpaired) electrons. The molecule has 2 heterocycles. The summed E-state index contributed by atoms with van der Waals surface area (Å²) in [4.78, 5) is 6.37. The van der Waals surface area contributed by atoms with Crippen molar-refractivity contribution in [2.24, 2.45) is 0 Å². The van der Waals surface area contributed by atoms with E-state index in [0.29, 0.717) is 6.04 Å². The maximum absolute atomic E-state index is 5.86. The minimum Gasteiger partial charge on any atom is -0.360 e. The molecule has 0 unspecified atom stereocenters. The average Bonchev–Trinajstić information content (AvgIpc) is 3.11. The zero-order chi connectivity index (χ0) is 11.0. The largest absolute Gasteiger partial charge is 0.360 e. The van der Waals surface area contributed by atoms with Crippen LogP contribution in [0.4, 0.5) is 5.69 Å². The Morgan fingerprint density at radius 3 is 2.44 bits per heavy atom. The summed E-state index contributed by atoms with van der Waals surface area (Å²) in [6, 6.07) is 12.6. The molecule has 0 aliphatic carbocycles. The van der Waals surface area contributed by atoms with Crippen LogP contribution in [0, 0.1) is 0 Å². The van der Waals surface area contributed by atoms with E-state index in [1.807, 2.05) is 24.5 Å². The van der Waals surface area contributed by atoms with E-state index in [0.717, 1.165) is 11.6 Å². The smallest absolute Gasteiger partial charge is 0.0719 e. The molecule has 0 saturated carbocycles. The second kappa shape index (κ2) is 3.80. The average molecular weight is 231 g/mol. The number of benzene rings is 1. The summed E-state index contributed by atoms with van der Waals surface area (Å²) in [5.41, 5.74) is 2.55. The number of hydrogen-bond acceptors (Lipinski definition) is 2. The fourth-order valence-electron chi connectivity index (χ4n) is 1.93. The monoisotopic (exact) mass is 230 g/mol. The fraction of sp³-hybridized carbons (Fsp3) is 0.154. The first-order chi connectivity index (χ1) is 7.84. The minimum atomic E-state index is 0.504. The first kappa shape index (κ1) is 9.67. The van der Waals surface area contributed by atoms with Gasteiger partial charge in [0.25, 0.3) is 0 Å². The van der Waals surface area contributed by atoms with Gasteiger partial charge in [-0.05, 0) is 42.0 Å². The van der Waals surface area contributed by atoms with Gasteiger partial charge in [0.05, 0.1) is 6.04 Å². The number of anilines is 1. The lowest BCUT2D eigenvalue weighted by molar-refractivity contribution is 1.11. The quantitative estimate of drug-likeness (QED) is 0.736. The van der Waals surface area contributed by atoms with Crippen molar-refractivity contribution in [1.82, 2.24) is 4.98 Å². The molecule has 16 heavy (non-hydrogen) atoms. The normalized spacial score (nSPS) is 18.6. The van der Waals surface area contributed by atoms with Gasteiger partial charge in [-0.1, -0.05) is 11.6 Å². The SMILES string of the molecule is Clc1ccc(N2C[C@@H]2c2ccncc2)cc1. The molecule has 0 N–H and O–H groups in total. The topological polar surface area (TPSA) is 15.9 Å². The van der Waals surface area contributed by atoms with Gasteiger partial charge in [-0.25, -0.2) is 0 Å². The minimum absolute atomic E-state index is 0.504. The van der Waals surface area contributed by atoms with Crippen LogP contribution < -0.4 is 4.90 Å². The second-order valence-electron chi connectivity index (χ2n) is 3.93. The van der Waals surface area contributed by atoms with E-state index in [9.17, 15) is 0 Å². The molecule has 0 spiro atoms. The van der Waals surface area contributed by atoms with Gasteiger partial charge in [-0.3, -0.25) is 4.98 Å². The van der Waals surface area contributed by atoms with Gasteiger partial charge in [0.2, 0.25) is 0 Å². The molecule has 1 atom stereocenters. The summed E-state index contributed by atoms with van der Waals surface area (Å²) >= 11 is 5.86. The Hall–Kier alpha value is -1.54. The lowest BCUT2D eigenvalue weighted by Gasteiger charge is -2.05. The first-order valence-corrected chi connectivity index (χ1v) is 5.64.